The second-order valence-corrected chi connectivity index (χ2v) is 2.27. The van der Waals surface area contributed by atoms with Crippen LogP contribution in [0.25, 0.3) is 0 Å². The van der Waals surface area contributed by atoms with Crippen LogP contribution in [0.1, 0.15) is 20.3 Å². The van der Waals surface area contributed by atoms with E-state index in [0.29, 0.717) is 0 Å². The molecular formula is C8H17NO2. The van der Waals surface area contributed by atoms with Crippen molar-refractivity contribution in [2.45, 2.75) is 26.4 Å². The zero-order valence-corrected chi connectivity index (χ0v) is 7.76. The summed E-state index contributed by atoms with van der Waals surface area (Å²) in [6, 6.07) is 0. The van der Waals surface area contributed by atoms with Gasteiger partial charge in [0.15, 0.2) is 0 Å². The van der Waals surface area contributed by atoms with Gasteiger partial charge in [-0.05, 0) is 0 Å². The van der Waals surface area contributed by atoms with Crippen LogP contribution in [0.4, 0.5) is 0 Å². The van der Waals surface area contributed by atoms with Crippen LogP contribution < -0.4 is 0 Å². The molecule has 0 aromatic carbocycles. The van der Waals surface area contributed by atoms with Crippen LogP contribution in [0.5, 0.6) is 0 Å². The van der Waals surface area contributed by atoms with E-state index in [2.05, 4.69) is 0 Å². The first kappa shape index (κ1) is 10.4. The molecule has 1 saturated heterocycles. The summed E-state index contributed by atoms with van der Waals surface area (Å²) in [7, 11) is 3.36. The molecule has 1 aliphatic rings. The van der Waals surface area contributed by atoms with Gasteiger partial charge < -0.3 is 9.64 Å². The van der Waals surface area contributed by atoms with E-state index in [-0.39, 0.29) is 12.0 Å². The highest BCUT2D eigenvalue weighted by Gasteiger charge is 2.28. The summed E-state index contributed by atoms with van der Waals surface area (Å²) in [5.74, 6) is 0.109. The van der Waals surface area contributed by atoms with Crippen molar-refractivity contribution in [3.05, 3.63) is 0 Å². The van der Waals surface area contributed by atoms with Gasteiger partial charge in [0, 0.05) is 27.1 Å². The number of hydrogen-bond donors (Lipinski definition) is 0. The maximum absolute atomic E-state index is 10.9. The van der Waals surface area contributed by atoms with Gasteiger partial charge in [-0.1, -0.05) is 13.8 Å². The van der Waals surface area contributed by atoms with Gasteiger partial charge >= 0.3 is 0 Å². The zero-order chi connectivity index (χ0) is 8.85. The van der Waals surface area contributed by atoms with Gasteiger partial charge in [0.05, 0.1) is 0 Å². The molecule has 3 nitrogen and oxygen atoms in total. The van der Waals surface area contributed by atoms with Crippen molar-refractivity contribution < 1.29 is 9.53 Å². The average Bonchev–Trinajstić information content (AvgIpc) is 2.37. The van der Waals surface area contributed by atoms with E-state index in [1.807, 2.05) is 13.8 Å². The van der Waals surface area contributed by atoms with Crippen molar-refractivity contribution in [3.8, 4) is 0 Å². The van der Waals surface area contributed by atoms with Crippen molar-refractivity contribution in [2.75, 3.05) is 20.7 Å². The van der Waals surface area contributed by atoms with Crippen LogP contribution in [0.2, 0.25) is 0 Å². The Morgan fingerprint density at radius 3 is 2.27 bits per heavy atom. The number of nitrogens with zero attached hydrogens (tertiary/aromatic N) is 1. The Hall–Kier alpha value is -0.570. The number of amides is 1. The molecule has 0 spiro atoms. The first-order valence-corrected chi connectivity index (χ1v) is 4.03. The maximum atomic E-state index is 10.9. The fraction of sp³-hybridized carbons (Fsp3) is 0.875. The normalized spacial score (nSPS) is 23.1. The van der Waals surface area contributed by atoms with Crippen LogP contribution in [0, 0.1) is 0 Å². The Morgan fingerprint density at radius 1 is 1.55 bits per heavy atom. The smallest absolute Gasteiger partial charge is 0.251 e. The highest BCUT2D eigenvalue weighted by atomic mass is 16.5. The fourth-order valence-corrected chi connectivity index (χ4v) is 1.01. The number of hydrogen-bond acceptors (Lipinski definition) is 2. The molecule has 0 saturated carbocycles. The predicted molar refractivity (Wildman–Crippen MR) is 44.4 cm³/mol. The number of ether oxygens (including phenoxy) is 1. The molecule has 0 aromatic rings. The van der Waals surface area contributed by atoms with Crippen molar-refractivity contribution in [1.29, 1.82) is 0 Å². The molecule has 0 aromatic heterocycles. The van der Waals surface area contributed by atoms with E-state index < -0.39 is 0 Å². The van der Waals surface area contributed by atoms with Crippen LogP contribution in [0.3, 0.4) is 0 Å². The lowest BCUT2D eigenvalue weighted by Gasteiger charge is -2.07. The molecule has 1 atom stereocenters. The quantitative estimate of drug-likeness (QED) is 0.568. The SMILES string of the molecule is CC.COC1CCN(C)C1=O. The zero-order valence-electron chi connectivity index (χ0n) is 7.76. The third kappa shape index (κ3) is 2.50. The van der Waals surface area contributed by atoms with Crippen LogP contribution >= 0.6 is 0 Å². The van der Waals surface area contributed by atoms with E-state index in [1.165, 1.54) is 0 Å². The molecule has 1 aliphatic heterocycles. The number of rotatable bonds is 1. The van der Waals surface area contributed by atoms with Gasteiger partial charge in [-0.25, -0.2) is 0 Å². The maximum Gasteiger partial charge on any atom is 0.251 e. The standard InChI is InChI=1S/C6H11NO2.C2H6/c1-7-4-3-5(9-2)6(7)8;1-2/h5H,3-4H2,1-2H3;1-2H3. The van der Waals surface area contributed by atoms with Crippen LogP contribution in [0.15, 0.2) is 0 Å². The summed E-state index contributed by atoms with van der Waals surface area (Å²) in [4.78, 5) is 12.6. The molecule has 0 aliphatic carbocycles. The third-order valence-electron chi connectivity index (χ3n) is 1.66. The molecule has 0 radical (unpaired) electrons. The number of likely N-dealkylation sites (N-methyl/N-ethyl adjacent to an activating group) is 1. The highest BCUT2D eigenvalue weighted by molar-refractivity contribution is 5.82. The van der Waals surface area contributed by atoms with Crippen molar-refractivity contribution in [3.63, 3.8) is 0 Å². The lowest BCUT2D eigenvalue weighted by molar-refractivity contribution is -0.134. The van der Waals surface area contributed by atoms with E-state index in [1.54, 1.807) is 19.1 Å². The average molecular weight is 159 g/mol. The number of carbonyl (C=O) groups excluding carboxylic acids is 1. The molecule has 1 fully saturated rings. The second-order valence-electron chi connectivity index (χ2n) is 2.27. The molecule has 1 unspecified atom stereocenters. The topological polar surface area (TPSA) is 29.5 Å². The van der Waals surface area contributed by atoms with Gasteiger partial charge in [-0.15, -0.1) is 0 Å². The predicted octanol–water partition coefficient (Wildman–Crippen LogP) is 0.890. The molecule has 1 heterocycles. The van der Waals surface area contributed by atoms with Gasteiger partial charge in [0.25, 0.3) is 5.91 Å². The van der Waals surface area contributed by atoms with Crippen LogP contribution in [-0.4, -0.2) is 37.6 Å². The number of methoxy groups -OCH3 is 1. The van der Waals surface area contributed by atoms with Crippen molar-refractivity contribution in [1.82, 2.24) is 4.90 Å². The summed E-state index contributed by atoms with van der Waals surface area (Å²) < 4.78 is 4.90. The second kappa shape index (κ2) is 5.13. The monoisotopic (exact) mass is 159 g/mol. The lowest BCUT2D eigenvalue weighted by atomic mass is 10.3. The number of carbonyl (C=O) groups is 1. The first-order valence-electron chi connectivity index (χ1n) is 4.03. The minimum atomic E-state index is -0.171. The molecule has 0 bridgehead atoms. The highest BCUT2D eigenvalue weighted by Crippen LogP contribution is 2.10. The Kier molecular flexibility index (Phi) is 4.86. The van der Waals surface area contributed by atoms with Gasteiger partial charge in [-0.2, -0.15) is 0 Å². The molecule has 1 rings (SSSR count). The minimum Gasteiger partial charge on any atom is -0.372 e. The van der Waals surface area contributed by atoms with E-state index >= 15 is 0 Å². The molecule has 0 N–H and O–H groups in total. The minimum absolute atomic E-state index is 0.109. The van der Waals surface area contributed by atoms with Gasteiger partial charge in [0.2, 0.25) is 0 Å². The molecular weight excluding hydrogens is 142 g/mol. The van der Waals surface area contributed by atoms with Crippen molar-refractivity contribution >= 4 is 5.91 Å². The number of likely N-dealkylation sites (tertiary alicyclic amines) is 1. The summed E-state index contributed by atoms with van der Waals surface area (Å²) >= 11 is 0. The van der Waals surface area contributed by atoms with E-state index in [4.69, 9.17) is 4.74 Å². The Labute approximate surface area is 68.3 Å². The molecule has 1 amide bonds. The van der Waals surface area contributed by atoms with Crippen LogP contribution in [-0.2, 0) is 9.53 Å². The van der Waals surface area contributed by atoms with E-state index in [9.17, 15) is 4.79 Å². The lowest BCUT2D eigenvalue weighted by Crippen LogP contribution is -2.26. The molecule has 66 valence electrons. The summed E-state index contributed by atoms with van der Waals surface area (Å²) in [6.07, 6.45) is 0.668. The summed E-state index contributed by atoms with van der Waals surface area (Å²) in [6.45, 7) is 4.83. The van der Waals surface area contributed by atoms with Gasteiger partial charge in [-0.3, -0.25) is 4.79 Å². The summed E-state index contributed by atoms with van der Waals surface area (Å²) in [5.41, 5.74) is 0. The Bertz CT molecular complexity index is 125. The Balaban J connectivity index is 0.000000461. The first-order chi connectivity index (χ1) is 5.25. The third-order valence-corrected chi connectivity index (χ3v) is 1.66. The summed E-state index contributed by atoms with van der Waals surface area (Å²) in [5, 5.41) is 0. The Morgan fingerprint density at radius 2 is 2.09 bits per heavy atom. The van der Waals surface area contributed by atoms with E-state index in [0.717, 1.165) is 13.0 Å². The molecule has 3 heteroatoms. The fourth-order valence-electron chi connectivity index (χ4n) is 1.01. The molecule has 11 heavy (non-hydrogen) atoms. The van der Waals surface area contributed by atoms with Crippen molar-refractivity contribution in [2.24, 2.45) is 0 Å². The largest absolute Gasteiger partial charge is 0.372 e. The van der Waals surface area contributed by atoms with Gasteiger partial charge in [0.1, 0.15) is 6.10 Å².